The molecule has 0 aliphatic carbocycles. The highest BCUT2D eigenvalue weighted by atomic mass is 16.5. The molecule has 3 aromatic rings. The highest BCUT2D eigenvalue weighted by molar-refractivity contribution is 6.25. The second-order valence-corrected chi connectivity index (χ2v) is 9.54. The molecule has 0 aromatic heterocycles. The van der Waals surface area contributed by atoms with Gasteiger partial charge in [-0.15, -0.1) is 0 Å². The van der Waals surface area contributed by atoms with E-state index in [1.807, 2.05) is 30.3 Å². The standard InChI is InChI=1S/C30H28N2O7/c1-37-20-15-13-19(14-16-20)25-23-24(30(31-25,29(36)39-3)17-18-9-5-4-6-10-18)27(34)32(26(23)33)22-12-8-7-11-21(22)28(35)38-2/h4-16,23-25,31H,17H2,1-3H3/t23-,24-,25-,30-/m0/s1. The van der Waals surface area contributed by atoms with Crippen molar-refractivity contribution in [1.29, 1.82) is 0 Å². The molecule has 9 nitrogen and oxygen atoms in total. The van der Waals surface area contributed by atoms with Crippen LogP contribution in [0.4, 0.5) is 5.69 Å². The number of imide groups is 1. The molecule has 0 bridgehead atoms. The molecule has 3 aromatic carbocycles. The van der Waals surface area contributed by atoms with E-state index in [0.717, 1.165) is 10.5 Å². The van der Waals surface area contributed by atoms with E-state index in [-0.39, 0.29) is 17.7 Å². The molecule has 2 saturated heterocycles. The normalized spacial score (nSPS) is 23.9. The number of esters is 2. The largest absolute Gasteiger partial charge is 0.497 e. The van der Waals surface area contributed by atoms with Crippen LogP contribution in [0.1, 0.15) is 27.5 Å². The van der Waals surface area contributed by atoms with Gasteiger partial charge < -0.3 is 14.2 Å². The summed E-state index contributed by atoms with van der Waals surface area (Å²) in [5, 5.41) is 3.37. The van der Waals surface area contributed by atoms with E-state index in [0.29, 0.717) is 11.3 Å². The van der Waals surface area contributed by atoms with Gasteiger partial charge in [-0.25, -0.2) is 9.69 Å². The Kier molecular flexibility index (Phi) is 6.93. The minimum absolute atomic E-state index is 0.0716. The fourth-order valence-corrected chi connectivity index (χ4v) is 5.81. The number of hydrogen-bond acceptors (Lipinski definition) is 8. The summed E-state index contributed by atoms with van der Waals surface area (Å²) >= 11 is 0. The highest BCUT2D eigenvalue weighted by Gasteiger charge is 2.69. The first kappa shape index (κ1) is 26.1. The number of fused-ring (bicyclic) bond motifs is 1. The van der Waals surface area contributed by atoms with Crippen LogP contribution in [0, 0.1) is 11.8 Å². The topological polar surface area (TPSA) is 111 Å². The van der Waals surface area contributed by atoms with Gasteiger partial charge in [0.2, 0.25) is 11.8 Å². The Bertz CT molecular complexity index is 1420. The van der Waals surface area contributed by atoms with Gasteiger partial charge in [0, 0.05) is 12.5 Å². The molecule has 2 aliphatic rings. The molecule has 0 spiro atoms. The third-order valence-electron chi connectivity index (χ3n) is 7.55. The summed E-state index contributed by atoms with van der Waals surface area (Å²) in [5.41, 5.74) is 0.128. The maximum atomic E-state index is 14.2. The number of benzene rings is 3. The summed E-state index contributed by atoms with van der Waals surface area (Å²) in [4.78, 5) is 55.6. The monoisotopic (exact) mass is 528 g/mol. The van der Waals surface area contributed by atoms with E-state index in [4.69, 9.17) is 14.2 Å². The Morgan fingerprint density at radius 1 is 0.846 bits per heavy atom. The van der Waals surface area contributed by atoms with Crippen molar-refractivity contribution in [3.05, 3.63) is 95.6 Å². The molecular formula is C30H28N2O7. The Hall–Kier alpha value is -4.50. The summed E-state index contributed by atoms with van der Waals surface area (Å²) in [5.74, 6) is -3.87. The zero-order valence-electron chi connectivity index (χ0n) is 21.7. The van der Waals surface area contributed by atoms with Gasteiger partial charge in [-0.05, 0) is 35.4 Å². The lowest BCUT2D eigenvalue weighted by Crippen LogP contribution is -2.58. The van der Waals surface area contributed by atoms with E-state index < -0.39 is 47.2 Å². The molecule has 2 heterocycles. The second kappa shape index (κ2) is 10.3. The molecule has 2 fully saturated rings. The maximum absolute atomic E-state index is 14.2. The van der Waals surface area contributed by atoms with Crippen LogP contribution in [-0.2, 0) is 30.3 Å². The fourth-order valence-electron chi connectivity index (χ4n) is 5.81. The zero-order valence-corrected chi connectivity index (χ0v) is 21.7. The summed E-state index contributed by atoms with van der Waals surface area (Å²) in [6.07, 6.45) is 0.111. The van der Waals surface area contributed by atoms with Gasteiger partial charge in [-0.2, -0.15) is 0 Å². The minimum atomic E-state index is -1.55. The van der Waals surface area contributed by atoms with Crippen LogP contribution in [-0.4, -0.2) is 50.6 Å². The number of nitrogens with one attached hydrogen (secondary N) is 1. The lowest BCUT2D eigenvalue weighted by atomic mass is 9.76. The molecule has 0 saturated carbocycles. The number of para-hydroxylation sites is 1. The van der Waals surface area contributed by atoms with Crippen LogP contribution in [0.15, 0.2) is 78.9 Å². The molecular weight excluding hydrogens is 500 g/mol. The van der Waals surface area contributed by atoms with E-state index in [1.54, 1.807) is 43.5 Å². The van der Waals surface area contributed by atoms with Crippen LogP contribution in [0.2, 0.25) is 0 Å². The van der Waals surface area contributed by atoms with Crippen molar-refractivity contribution in [2.24, 2.45) is 11.8 Å². The summed E-state index contributed by atoms with van der Waals surface area (Å²) in [6, 6.07) is 21.9. The third-order valence-corrected chi connectivity index (χ3v) is 7.55. The van der Waals surface area contributed by atoms with Gasteiger partial charge >= 0.3 is 11.9 Å². The van der Waals surface area contributed by atoms with Crippen LogP contribution < -0.4 is 15.0 Å². The van der Waals surface area contributed by atoms with Crippen molar-refractivity contribution in [1.82, 2.24) is 5.32 Å². The number of carbonyl (C=O) groups is 4. The number of ether oxygens (including phenoxy) is 3. The van der Waals surface area contributed by atoms with Crippen molar-refractivity contribution in [3.8, 4) is 5.75 Å². The Morgan fingerprint density at radius 3 is 2.15 bits per heavy atom. The molecule has 9 heteroatoms. The lowest BCUT2D eigenvalue weighted by Gasteiger charge is -2.33. The first-order valence-corrected chi connectivity index (χ1v) is 12.5. The number of anilines is 1. The summed E-state index contributed by atoms with van der Waals surface area (Å²) in [6.45, 7) is 0. The van der Waals surface area contributed by atoms with Gasteiger partial charge in [0.1, 0.15) is 11.3 Å². The van der Waals surface area contributed by atoms with Gasteiger partial charge in [-0.3, -0.25) is 19.7 Å². The third kappa shape index (κ3) is 4.24. The predicted octanol–water partition coefficient (Wildman–Crippen LogP) is 3.09. The first-order chi connectivity index (χ1) is 18.9. The lowest BCUT2D eigenvalue weighted by molar-refractivity contribution is -0.152. The second-order valence-electron chi connectivity index (χ2n) is 9.54. The Labute approximate surface area is 225 Å². The van der Waals surface area contributed by atoms with Crippen molar-refractivity contribution in [2.45, 2.75) is 18.0 Å². The van der Waals surface area contributed by atoms with E-state index in [2.05, 4.69) is 5.32 Å². The van der Waals surface area contributed by atoms with Crippen LogP contribution in [0.3, 0.4) is 0 Å². The molecule has 1 N–H and O–H groups in total. The number of methoxy groups -OCH3 is 3. The molecule has 5 rings (SSSR count). The first-order valence-electron chi connectivity index (χ1n) is 12.5. The molecule has 2 aliphatic heterocycles. The van der Waals surface area contributed by atoms with Gasteiger partial charge in [-0.1, -0.05) is 54.6 Å². The quantitative estimate of drug-likeness (QED) is 0.368. The number of rotatable bonds is 7. The zero-order chi connectivity index (χ0) is 27.7. The van der Waals surface area contributed by atoms with Gasteiger partial charge in [0.05, 0.1) is 44.4 Å². The van der Waals surface area contributed by atoms with Crippen molar-refractivity contribution < 1.29 is 33.4 Å². The average molecular weight is 529 g/mol. The van der Waals surface area contributed by atoms with E-state index >= 15 is 0 Å². The van der Waals surface area contributed by atoms with Gasteiger partial charge in [0.25, 0.3) is 0 Å². The predicted molar refractivity (Wildman–Crippen MR) is 141 cm³/mol. The Morgan fingerprint density at radius 2 is 1.51 bits per heavy atom. The van der Waals surface area contributed by atoms with Crippen LogP contribution in [0.25, 0.3) is 0 Å². The molecule has 4 atom stereocenters. The summed E-state index contributed by atoms with van der Waals surface area (Å²) < 4.78 is 15.5. The number of nitrogens with zero attached hydrogens (tertiary/aromatic N) is 1. The van der Waals surface area contributed by atoms with Crippen LogP contribution >= 0.6 is 0 Å². The number of amides is 2. The smallest absolute Gasteiger partial charge is 0.339 e. The molecule has 200 valence electrons. The SMILES string of the molecule is COC(=O)c1ccccc1N1C(=O)[C@H]2[C@@H](C1=O)[C@@](Cc1ccccc1)(C(=O)OC)N[C@H]2c1ccc(OC)cc1. The van der Waals surface area contributed by atoms with Gasteiger partial charge in [0.15, 0.2) is 0 Å². The number of hydrogen-bond donors (Lipinski definition) is 1. The van der Waals surface area contributed by atoms with Crippen LogP contribution in [0.5, 0.6) is 5.75 Å². The molecule has 2 amide bonds. The Balaban J connectivity index is 1.68. The molecule has 0 unspecified atom stereocenters. The summed E-state index contributed by atoms with van der Waals surface area (Å²) in [7, 11) is 4.04. The molecule has 39 heavy (non-hydrogen) atoms. The average Bonchev–Trinajstić information content (AvgIpc) is 3.45. The maximum Gasteiger partial charge on any atom is 0.339 e. The minimum Gasteiger partial charge on any atom is -0.497 e. The fraction of sp³-hybridized carbons (Fsp3) is 0.267. The number of carbonyl (C=O) groups excluding carboxylic acids is 4. The van der Waals surface area contributed by atoms with Crippen molar-refractivity contribution >= 4 is 29.4 Å². The van der Waals surface area contributed by atoms with E-state index in [1.165, 1.54) is 26.4 Å². The van der Waals surface area contributed by atoms with Crippen molar-refractivity contribution in [2.75, 3.05) is 26.2 Å². The van der Waals surface area contributed by atoms with Crippen molar-refractivity contribution in [3.63, 3.8) is 0 Å². The molecule has 0 radical (unpaired) electrons. The van der Waals surface area contributed by atoms with E-state index in [9.17, 15) is 19.2 Å². The highest BCUT2D eigenvalue weighted by Crippen LogP contribution is 2.51.